The van der Waals surface area contributed by atoms with Gasteiger partial charge in [0, 0.05) is 25.8 Å². The molecule has 0 spiro atoms. The van der Waals surface area contributed by atoms with Crippen molar-refractivity contribution < 1.29 is 14.7 Å². The molecule has 4 heterocycles. The minimum atomic E-state index is -0.957. The van der Waals surface area contributed by atoms with Crippen LogP contribution in [-0.4, -0.2) is 62.1 Å². The second-order valence-electron chi connectivity index (χ2n) is 8.05. The summed E-state index contributed by atoms with van der Waals surface area (Å²) >= 11 is 0. The summed E-state index contributed by atoms with van der Waals surface area (Å²) in [5, 5.41) is 13.0. The number of amides is 2. The molecule has 0 bridgehead atoms. The number of carboxylic acid groups (broad SMARTS) is 1. The van der Waals surface area contributed by atoms with Crippen LogP contribution >= 0.6 is 0 Å². The van der Waals surface area contributed by atoms with Crippen LogP contribution in [-0.2, 0) is 6.54 Å². The Morgan fingerprint density at radius 2 is 1.94 bits per heavy atom. The van der Waals surface area contributed by atoms with E-state index in [0.717, 1.165) is 54.8 Å². The molecule has 9 nitrogen and oxygen atoms in total. The molecular formula is C22H24N6O3. The van der Waals surface area contributed by atoms with E-state index in [4.69, 9.17) is 5.11 Å². The van der Waals surface area contributed by atoms with Crippen molar-refractivity contribution in [3.05, 3.63) is 54.0 Å². The van der Waals surface area contributed by atoms with E-state index in [1.54, 1.807) is 30.6 Å². The number of anilines is 1. The summed E-state index contributed by atoms with van der Waals surface area (Å²) in [6.07, 6.45) is 6.34. The Balaban J connectivity index is 1.27. The fourth-order valence-corrected chi connectivity index (χ4v) is 4.83. The molecule has 0 aliphatic carbocycles. The lowest BCUT2D eigenvalue weighted by Crippen LogP contribution is -2.54. The van der Waals surface area contributed by atoms with Gasteiger partial charge in [-0.25, -0.2) is 19.6 Å². The molecule has 3 aromatic rings. The van der Waals surface area contributed by atoms with E-state index in [0.29, 0.717) is 6.54 Å². The van der Waals surface area contributed by atoms with Gasteiger partial charge in [0.05, 0.1) is 23.0 Å². The highest BCUT2D eigenvalue weighted by atomic mass is 16.4. The third-order valence-corrected chi connectivity index (χ3v) is 6.32. The number of nitrogens with one attached hydrogen (secondary N) is 2. The quantitative estimate of drug-likeness (QED) is 0.598. The lowest BCUT2D eigenvalue weighted by molar-refractivity contribution is 0.0696. The number of likely N-dealkylation sites (tertiary alicyclic amines) is 1. The molecule has 2 fully saturated rings. The standard InChI is InChI=1S/C22H24N6O3/c29-21(30)15-5-3-14(4-6-15)12-24-22(31)28-10-1-2-17-18(28)8-11-27(17)20-16-7-9-23-19(16)25-13-26-20/h3-7,9,13,17-18H,1-2,8,10-12H2,(H,24,31)(H,29,30)(H,23,25,26)/t17-,18-/m1/s1. The third-order valence-electron chi connectivity index (χ3n) is 6.32. The lowest BCUT2D eigenvalue weighted by atomic mass is 9.97. The first-order valence-corrected chi connectivity index (χ1v) is 10.5. The van der Waals surface area contributed by atoms with Crippen molar-refractivity contribution in [2.75, 3.05) is 18.0 Å². The van der Waals surface area contributed by atoms with Crippen LogP contribution in [0.1, 0.15) is 35.2 Å². The molecule has 2 amide bonds. The molecule has 1 aromatic carbocycles. The molecule has 160 valence electrons. The predicted octanol–water partition coefficient (Wildman–Crippen LogP) is 2.61. The minimum Gasteiger partial charge on any atom is -0.478 e. The monoisotopic (exact) mass is 420 g/mol. The number of rotatable bonds is 4. The van der Waals surface area contributed by atoms with E-state index >= 15 is 0 Å². The maximum absolute atomic E-state index is 13.0. The molecule has 0 radical (unpaired) electrons. The summed E-state index contributed by atoms with van der Waals surface area (Å²) < 4.78 is 0. The van der Waals surface area contributed by atoms with Crippen molar-refractivity contribution in [1.29, 1.82) is 0 Å². The number of H-pyrrole nitrogens is 1. The van der Waals surface area contributed by atoms with Crippen molar-refractivity contribution >= 4 is 28.9 Å². The van der Waals surface area contributed by atoms with Gasteiger partial charge in [-0.1, -0.05) is 12.1 Å². The number of urea groups is 1. The van der Waals surface area contributed by atoms with Gasteiger partial charge in [0.2, 0.25) is 0 Å². The highest BCUT2D eigenvalue weighted by molar-refractivity contribution is 5.88. The Bertz CT molecular complexity index is 1110. The average Bonchev–Trinajstić information content (AvgIpc) is 3.44. The van der Waals surface area contributed by atoms with E-state index in [2.05, 4.69) is 25.2 Å². The number of piperidine rings is 1. The maximum atomic E-state index is 13.0. The van der Waals surface area contributed by atoms with Gasteiger partial charge in [-0.15, -0.1) is 0 Å². The second-order valence-corrected chi connectivity index (χ2v) is 8.05. The fourth-order valence-electron chi connectivity index (χ4n) is 4.83. The SMILES string of the molecule is O=C(O)c1ccc(CNC(=O)N2CCC[C@@H]3[C@H]2CCN3c2ncnc3[nH]ccc23)cc1. The Morgan fingerprint density at radius 3 is 2.74 bits per heavy atom. The highest BCUT2D eigenvalue weighted by Gasteiger charge is 2.42. The van der Waals surface area contributed by atoms with E-state index in [9.17, 15) is 9.59 Å². The van der Waals surface area contributed by atoms with Gasteiger partial charge in [-0.05, 0) is 43.0 Å². The number of aromatic carboxylic acids is 1. The first-order chi connectivity index (χ1) is 15.1. The summed E-state index contributed by atoms with van der Waals surface area (Å²) in [6, 6.07) is 8.89. The van der Waals surface area contributed by atoms with Crippen LogP contribution in [0.4, 0.5) is 10.6 Å². The van der Waals surface area contributed by atoms with Crippen LogP contribution in [0.25, 0.3) is 11.0 Å². The molecule has 3 N–H and O–H groups in total. The Hall–Kier alpha value is -3.62. The van der Waals surface area contributed by atoms with Gasteiger partial charge in [0.15, 0.2) is 0 Å². The number of hydrogen-bond acceptors (Lipinski definition) is 5. The van der Waals surface area contributed by atoms with Crippen LogP contribution in [0, 0.1) is 0 Å². The average molecular weight is 420 g/mol. The fraction of sp³-hybridized carbons (Fsp3) is 0.364. The number of carbonyl (C=O) groups is 2. The number of hydrogen-bond donors (Lipinski definition) is 3. The molecule has 2 aromatic heterocycles. The molecule has 0 unspecified atom stereocenters. The lowest BCUT2D eigenvalue weighted by Gasteiger charge is -2.40. The predicted molar refractivity (Wildman–Crippen MR) is 115 cm³/mol. The number of nitrogens with zero attached hydrogens (tertiary/aromatic N) is 4. The van der Waals surface area contributed by atoms with Gasteiger partial charge < -0.3 is 25.2 Å². The summed E-state index contributed by atoms with van der Waals surface area (Å²) in [5.41, 5.74) is 1.94. The van der Waals surface area contributed by atoms with Crippen LogP contribution in [0.15, 0.2) is 42.9 Å². The normalized spacial score (nSPS) is 20.6. The van der Waals surface area contributed by atoms with E-state index in [-0.39, 0.29) is 23.7 Å². The molecule has 9 heteroatoms. The number of aromatic nitrogens is 3. The zero-order valence-corrected chi connectivity index (χ0v) is 17.0. The Kier molecular flexibility index (Phi) is 4.93. The molecule has 2 saturated heterocycles. The number of benzene rings is 1. The number of fused-ring (bicyclic) bond motifs is 2. The van der Waals surface area contributed by atoms with Crippen LogP contribution in [0.2, 0.25) is 0 Å². The first kappa shape index (κ1) is 19.3. The first-order valence-electron chi connectivity index (χ1n) is 10.5. The number of carboxylic acids is 1. The van der Waals surface area contributed by atoms with Gasteiger partial charge in [-0.2, -0.15) is 0 Å². The van der Waals surface area contributed by atoms with Crippen LogP contribution < -0.4 is 10.2 Å². The van der Waals surface area contributed by atoms with Crippen LogP contribution in [0.5, 0.6) is 0 Å². The molecule has 31 heavy (non-hydrogen) atoms. The second kappa shape index (κ2) is 7.90. The molecule has 2 aliphatic rings. The molecular weight excluding hydrogens is 396 g/mol. The summed E-state index contributed by atoms with van der Waals surface area (Å²) in [7, 11) is 0. The third kappa shape index (κ3) is 3.56. The van der Waals surface area contributed by atoms with Gasteiger partial charge in [0.1, 0.15) is 17.8 Å². The Morgan fingerprint density at radius 1 is 1.10 bits per heavy atom. The van der Waals surface area contributed by atoms with E-state index < -0.39 is 5.97 Å². The molecule has 0 saturated carbocycles. The van der Waals surface area contributed by atoms with Crippen LogP contribution in [0.3, 0.4) is 0 Å². The Labute approximate surface area is 179 Å². The van der Waals surface area contributed by atoms with Gasteiger partial charge in [0.25, 0.3) is 0 Å². The summed E-state index contributed by atoms with van der Waals surface area (Å²) in [4.78, 5) is 40.2. The maximum Gasteiger partial charge on any atom is 0.335 e. The minimum absolute atomic E-state index is 0.0756. The molecule has 2 atom stereocenters. The topological polar surface area (TPSA) is 114 Å². The van der Waals surface area contributed by atoms with E-state index in [1.165, 1.54) is 0 Å². The molecule has 5 rings (SSSR count). The van der Waals surface area contributed by atoms with Crippen molar-refractivity contribution in [1.82, 2.24) is 25.2 Å². The zero-order chi connectivity index (χ0) is 21.4. The number of aromatic amines is 1. The summed E-state index contributed by atoms with van der Waals surface area (Å²) in [6.45, 7) is 1.96. The largest absolute Gasteiger partial charge is 0.478 e. The van der Waals surface area contributed by atoms with Crippen molar-refractivity contribution in [3.63, 3.8) is 0 Å². The van der Waals surface area contributed by atoms with Gasteiger partial charge in [-0.3, -0.25) is 0 Å². The molecule has 2 aliphatic heterocycles. The zero-order valence-electron chi connectivity index (χ0n) is 17.0. The van der Waals surface area contributed by atoms with E-state index in [1.807, 2.05) is 17.2 Å². The van der Waals surface area contributed by atoms with Crippen molar-refractivity contribution in [2.45, 2.75) is 37.9 Å². The van der Waals surface area contributed by atoms with Crippen molar-refractivity contribution in [2.24, 2.45) is 0 Å². The van der Waals surface area contributed by atoms with Crippen molar-refractivity contribution in [3.8, 4) is 0 Å². The highest BCUT2D eigenvalue weighted by Crippen LogP contribution is 2.35. The van der Waals surface area contributed by atoms with Gasteiger partial charge >= 0.3 is 12.0 Å². The smallest absolute Gasteiger partial charge is 0.335 e. The number of carbonyl (C=O) groups excluding carboxylic acids is 1. The summed E-state index contributed by atoms with van der Waals surface area (Å²) in [5.74, 6) is -0.0270.